The first kappa shape index (κ1) is 19.0. The maximum Gasteiger partial charge on any atom is 0.351 e. The van der Waals surface area contributed by atoms with Crippen molar-refractivity contribution in [3.05, 3.63) is 39.2 Å². The van der Waals surface area contributed by atoms with Gasteiger partial charge in [0.15, 0.2) is 11.3 Å². The molecule has 2 aromatic rings. The van der Waals surface area contributed by atoms with E-state index < -0.39 is 11.6 Å². The van der Waals surface area contributed by atoms with Crippen molar-refractivity contribution in [1.29, 1.82) is 0 Å². The molecular formula is C20H26O5. The number of phenols is 1. The Labute approximate surface area is 147 Å². The lowest BCUT2D eigenvalue weighted by Gasteiger charge is -2.27. The fourth-order valence-corrected chi connectivity index (χ4v) is 2.80. The highest BCUT2D eigenvalue weighted by molar-refractivity contribution is 5.96. The van der Waals surface area contributed by atoms with Gasteiger partial charge in [0.1, 0.15) is 5.56 Å². The zero-order valence-electron chi connectivity index (χ0n) is 15.9. The third kappa shape index (κ3) is 3.55. The van der Waals surface area contributed by atoms with Crippen molar-refractivity contribution in [3.63, 3.8) is 0 Å². The van der Waals surface area contributed by atoms with Gasteiger partial charge in [-0.2, -0.15) is 0 Å². The number of fused-ring (bicyclic) bond motifs is 1. The molecule has 0 atom stereocenters. The average molecular weight is 346 g/mol. The number of hydrogen-bond acceptors (Lipinski definition) is 5. The summed E-state index contributed by atoms with van der Waals surface area (Å²) < 4.78 is 10.3. The topological polar surface area (TPSA) is 76.7 Å². The molecule has 0 aliphatic carbocycles. The summed E-state index contributed by atoms with van der Waals surface area (Å²) in [6.07, 6.45) is 0. The number of carbonyl (C=O) groups is 1. The van der Waals surface area contributed by atoms with E-state index in [1.54, 1.807) is 6.92 Å². The molecule has 0 bridgehead atoms. The third-order valence-electron chi connectivity index (χ3n) is 4.11. The van der Waals surface area contributed by atoms with Crippen LogP contribution in [0.3, 0.4) is 0 Å². The Hall–Kier alpha value is -2.30. The van der Waals surface area contributed by atoms with E-state index in [0.717, 1.165) is 5.56 Å². The Balaban J connectivity index is 2.95. The van der Waals surface area contributed by atoms with Crippen LogP contribution in [-0.4, -0.2) is 17.7 Å². The summed E-state index contributed by atoms with van der Waals surface area (Å²) in [6.45, 7) is 13.8. The number of ether oxygens (including phenoxy) is 1. The molecule has 2 rings (SSSR count). The van der Waals surface area contributed by atoms with Crippen molar-refractivity contribution in [2.75, 3.05) is 6.61 Å². The second kappa shape index (κ2) is 6.21. The fourth-order valence-electron chi connectivity index (χ4n) is 2.80. The van der Waals surface area contributed by atoms with Crippen LogP contribution in [0.25, 0.3) is 11.0 Å². The molecule has 1 aromatic heterocycles. The zero-order chi connectivity index (χ0) is 19.2. The lowest BCUT2D eigenvalue weighted by Crippen LogP contribution is -2.20. The van der Waals surface area contributed by atoms with Gasteiger partial charge in [-0.05, 0) is 29.4 Å². The molecule has 0 unspecified atom stereocenters. The molecule has 25 heavy (non-hydrogen) atoms. The zero-order valence-corrected chi connectivity index (χ0v) is 15.9. The summed E-state index contributed by atoms with van der Waals surface area (Å²) in [5.41, 5.74) is 0.0934. The number of hydrogen-bond donors (Lipinski definition) is 1. The van der Waals surface area contributed by atoms with Crippen LogP contribution in [0, 0.1) is 0 Å². The van der Waals surface area contributed by atoms with Crippen LogP contribution < -0.4 is 5.63 Å². The quantitative estimate of drug-likeness (QED) is 0.649. The van der Waals surface area contributed by atoms with Gasteiger partial charge < -0.3 is 14.3 Å². The van der Waals surface area contributed by atoms with Gasteiger partial charge in [0.05, 0.1) is 6.61 Å². The molecule has 0 spiro atoms. The van der Waals surface area contributed by atoms with E-state index in [1.807, 2.05) is 47.6 Å². The minimum absolute atomic E-state index is 0.0667. The van der Waals surface area contributed by atoms with Crippen molar-refractivity contribution in [1.82, 2.24) is 0 Å². The minimum atomic E-state index is -0.813. The SMILES string of the molecule is CCOC(=O)c1cc2c(C(C)(C)C)cc(C(C)(C)C)c(O)c2oc1=O. The van der Waals surface area contributed by atoms with Crippen molar-refractivity contribution >= 4 is 16.9 Å². The number of esters is 1. The van der Waals surface area contributed by atoms with Gasteiger partial charge >= 0.3 is 11.6 Å². The van der Waals surface area contributed by atoms with Gasteiger partial charge in [-0.1, -0.05) is 47.6 Å². The summed E-state index contributed by atoms with van der Waals surface area (Å²) in [6, 6.07) is 3.39. The summed E-state index contributed by atoms with van der Waals surface area (Å²) in [5, 5.41) is 11.2. The summed E-state index contributed by atoms with van der Waals surface area (Å²) in [4.78, 5) is 24.3. The van der Waals surface area contributed by atoms with Crippen LogP contribution in [0.2, 0.25) is 0 Å². The van der Waals surface area contributed by atoms with Crippen molar-refractivity contribution < 1.29 is 19.1 Å². The highest BCUT2D eigenvalue weighted by atomic mass is 16.5. The maximum atomic E-state index is 12.2. The van der Waals surface area contributed by atoms with Crippen LogP contribution >= 0.6 is 0 Å². The molecule has 0 amide bonds. The fraction of sp³-hybridized carbons (Fsp3) is 0.500. The van der Waals surface area contributed by atoms with E-state index in [1.165, 1.54) is 6.07 Å². The largest absolute Gasteiger partial charge is 0.504 e. The second-order valence-electron chi connectivity index (χ2n) is 8.23. The Bertz CT molecular complexity index is 876. The van der Waals surface area contributed by atoms with Crippen molar-refractivity contribution in [3.8, 4) is 5.75 Å². The Kier molecular flexibility index (Phi) is 4.73. The normalized spacial score (nSPS) is 12.4. The van der Waals surface area contributed by atoms with Crippen molar-refractivity contribution in [2.24, 2.45) is 0 Å². The first-order valence-electron chi connectivity index (χ1n) is 8.39. The van der Waals surface area contributed by atoms with Gasteiger partial charge in [-0.25, -0.2) is 9.59 Å². The molecule has 0 aliphatic heterocycles. The van der Waals surface area contributed by atoms with Gasteiger partial charge in [0.25, 0.3) is 0 Å². The molecule has 1 heterocycles. The smallest absolute Gasteiger partial charge is 0.351 e. The number of benzene rings is 1. The lowest BCUT2D eigenvalue weighted by molar-refractivity contribution is 0.0521. The van der Waals surface area contributed by atoms with Crippen LogP contribution in [0.15, 0.2) is 21.3 Å². The summed E-state index contributed by atoms with van der Waals surface area (Å²) in [7, 11) is 0. The first-order valence-corrected chi connectivity index (χ1v) is 8.39. The van der Waals surface area contributed by atoms with E-state index in [0.29, 0.717) is 10.9 Å². The van der Waals surface area contributed by atoms with E-state index in [9.17, 15) is 14.7 Å². The van der Waals surface area contributed by atoms with Crippen LogP contribution in [-0.2, 0) is 15.6 Å². The maximum absolute atomic E-state index is 12.2. The lowest BCUT2D eigenvalue weighted by atomic mass is 9.78. The minimum Gasteiger partial charge on any atom is -0.504 e. The van der Waals surface area contributed by atoms with Gasteiger partial charge in [-0.3, -0.25) is 0 Å². The molecule has 0 radical (unpaired) electrons. The number of aromatic hydroxyl groups is 1. The Morgan fingerprint density at radius 2 is 1.64 bits per heavy atom. The van der Waals surface area contributed by atoms with Crippen LogP contribution in [0.1, 0.15) is 70.0 Å². The molecule has 5 nitrogen and oxygen atoms in total. The Morgan fingerprint density at radius 3 is 2.12 bits per heavy atom. The molecule has 1 N–H and O–H groups in total. The third-order valence-corrected chi connectivity index (χ3v) is 4.11. The standard InChI is InChI=1S/C20H26O5/c1-8-24-17(22)12-9-11-13(19(2,3)4)10-14(20(5,6)7)15(21)16(11)25-18(12)23/h9-10,21H,8H2,1-7H3. The van der Waals surface area contributed by atoms with Gasteiger partial charge in [-0.15, -0.1) is 0 Å². The van der Waals surface area contributed by atoms with E-state index in [-0.39, 0.29) is 34.3 Å². The molecule has 0 saturated heterocycles. The predicted octanol–water partition coefficient (Wildman–Crippen LogP) is 4.27. The van der Waals surface area contributed by atoms with E-state index >= 15 is 0 Å². The number of carbonyl (C=O) groups excluding carboxylic acids is 1. The monoisotopic (exact) mass is 346 g/mol. The summed E-state index contributed by atoms with van der Waals surface area (Å²) in [5.74, 6) is -0.791. The second-order valence-corrected chi connectivity index (χ2v) is 8.23. The molecule has 136 valence electrons. The van der Waals surface area contributed by atoms with Crippen LogP contribution in [0.4, 0.5) is 0 Å². The first-order chi connectivity index (χ1) is 11.4. The highest BCUT2D eigenvalue weighted by Crippen LogP contribution is 2.41. The number of phenolic OH excluding ortho intramolecular Hbond substituents is 1. The molecule has 5 heteroatoms. The number of rotatable bonds is 2. The predicted molar refractivity (Wildman–Crippen MR) is 97.5 cm³/mol. The molecular weight excluding hydrogens is 320 g/mol. The Morgan fingerprint density at radius 1 is 1.08 bits per heavy atom. The van der Waals surface area contributed by atoms with E-state index in [4.69, 9.17) is 9.15 Å². The highest BCUT2D eigenvalue weighted by Gasteiger charge is 2.28. The van der Waals surface area contributed by atoms with Crippen LogP contribution in [0.5, 0.6) is 5.75 Å². The summed E-state index contributed by atoms with van der Waals surface area (Å²) >= 11 is 0. The van der Waals surface area contributed by atoms with Crippen molar-refractivity contribution in [2.45, 2.75) is 59.3 Å². The van der Waals surface area contributed by atoms with E-state index in [2.05, 4.69) is 0 Å². The molecule has 0 aliphatic rings. The molecule has 0 saturated carbocycles. The van der Waals surface area contributed by atoms with Gasteiger partial charge in [0, 0.05) is 10.9 Å². The molecule has 1 aromatic carbocycles. The average Bonchev–Trinajstić information content (AvgIpc) is 2.45. The molecule has 0 fully saturated rings. The van der Waals surface area contributed by atoms with Gasteiger partial charge in [0.2, 0.25) is 0 Å².